The second-order valence-corrected chi connectivity index (χ2v) is 3.17. The Bertz CT molecular complexity index is 248. The summed E-state index contributed by atoms with van der Waals surface area (Å²) in [4.78, 5) is 0. The van der Waals surface area contributed by atoms with Crippen molar-refractivity contribution in [2.75, 3.05) is 13.1 Å². The minimum atomic E-state index is 0.355. The summed E-state index contributed by atoms with van der Waals surface area (Å²) in [6.45, 7) is 4.21. The van der Waals surface area contributed by atoms with Crippen LogP contribution in [-0.2, 0) is 6.42 Å². The molecule has 0 saturated carbocycles. The molecule has 0 aliphatic rings. The van der Waals surface area contributed by atoms with Crippen LogP contribution in [0.4, 0.5) is 0 Å². The Morgan fingerprint density at radius 3 is 2.85 bits per heavy atom. The molecule has 0 bridgehead atoms. The van der Waals surface area contributed by atoms with E-state index in [-0.39, 0.29) is 0 Å². The summed E-state index contributed by atoms with van der Waals surface area (Å²) in [5, 5.41) is 12.5. The Morgan fingerprint density at radius 2 is 2.15 bits per heavy atom. The first-order chi connectivity index (χ1) is 6.33. The van der Waals surface area contributed by atoms with Crippen LogP contribution in [0.1, 0.15) is 18.9 Å². The second-order valence-electron chi connectivity index (χ2n) is 3.17. The van der Waals surface area contributed by atoms with E-state index in [2.05, 4.69) is 12.2 Å². The van der Waals surface area contributed by atoms with Crippen LogP contribution in [0, 0.1) is 0 Å². The lowest BCUT2D eigenvalue weighted by Crippen LogP contribution is -2.17. The Kier molecular flexibility index (Phi) is 4.33. The molecule has 1 aromatic carbocycles. The predicted octanol–water partition coefficient (Wildman–Crippen LogP) is 1.93. The molecule has 0 radical (unpaired) electrons. The van der Waals surface area contributed by atoms with Crippen LogP contribution in [0.5, 0.6) is 5.75 Å². The summed E-state index contributed by atoms with van der Waals surface area (Å²) in [6, 6.07) is 7.43. The fraction of sp³-hybridized carbons (Fsp3) is 0.455. The molecule has 0 saturated heterocycles. The van der Waals surface area contributed by atoms with E-state index in [1.165, 1.54) is 12.0 Å². The number of aromatic hydroxyl groups is 1. The zero-order chi connectivity index (χ0) is 9.52. The molecule has 0 fully saturated rings. The maximum absolute atomic E-state index is 9.20. The lowest BCUT2D eigenvalue weighted by molar-refractivity contribution is 0.474. The average Bonchev–Trinajstić information content (AvgIpc) is 2.13. The van der Waals surface area contributed by atoms with Gasteiger partial charge in [-0.1, -0.05) is 19.1 Å². The smallest absolute Gasteiger partial charge is 0.115 e. The van der Waals surface area contributed by atoms with E-state index in [0.29, 0.717) is 5.75 Å². The molecule has 0 amide bonds. The van der Waals surface area contributed by atoms with E-state index < -0.39 is 0 Å². The third-order valence-corrected chi connectivity index (χ3v) is 1.93. The fourth-order valence-corrected chi connectivity index (χ4v) is 1.25. The first-order valence-electron chi connectivity index (χ1n) is 4.81. The molecule has 0 aromatic heterocycles. The Hall–Kier alpha value is -1.02. The highest BCUT2D eigenvalue weighted by Crippen LogP contribution is 2.10. The van der Waals surface area contributed by atoms with Crippen molar-refractivity contribution in [1.82, 2.24) is 5.32 Å². The Labute approximate surface area is 79.6 Å². The van der Waals surface area contributed by atoms with Crippen LogP contribution >= 0.6 is 0 Å². The van der Waals surface area contributed by atoms with Crippen LogP contribution in [-0.4, -0.2) is 18.2 Å². The second kappa shape index (κ2) is 5.60. The molecule has 2 nitrogen and oxygen atoms in total. The minimum absolute atomic E-state index is 0.355. The van der Waals surface area contributed by atoms with Crippen LogP contribution in [0.15, 0.2) is 24.3 Å². The molecule has 72 valence electrons. The summed E-state index contributed by atoms with van der Waals surface area (Å²) < 4.78 is 0. The van der Waals surface area contributed by atoms with Gasteiger partial charge in [0.05, 0.1) is 0 Å². The standard InChI is InChI=1S/C11H17NO/c1-2-7-12-8-6-10-4-3-5-11(13)9-10/h3-5,9,12-13H,2,6-8H2,1H3. The molecular formula is C11H17NO. The number of phenols is 1. The molecular weight excluding hydrogens is 162 g/mol. The zero-order valence-electron chi connectivity index (χ0n) is 8.09. The third kappa shape index (κ3) is 3.95. The van der Waals surface area contributed by atoms with Crippen LogP contribution in [0.2, 0.25) is 0 Å². The average molecular weight is 179 g/mol. The number of rotatable bonds is 5. The highest BCUT2D eigenvalue weighted by Gasteiger charge is 1.93. The number of hydrogen-bond donors (Lipinski definition) is 2. The minimum Gasteiger partial charge on any atom is -0.508 e. The summed E-state index contributed by atoms with van der Waals surface area (Å²) in [5.41, 5.74) is 1.18. The summed E-state index contributed by atoms with van der Waals surface area (Å²) in [6.07, 6.45) is 2.15. The molecule has 1 aromatic rings. The van der Waals surface area contributed by atoms with E-state index in [1.54, 1.807) is 6.07 Å². The van der Waals surface area contributed by atoms with Gasteiger partial charge in [-0.15, -0.1) is 0 Å². The third-order valence-electron chi connectivity index (χ3n) is 1.93. The Morgan fingerprint density at radius 1 is 1.31 bits per heavy atom. The van der Waals surface area contributed by atoms with Gasteiger partial charge in [0, 0.05) is 0 Å². The van der Waals surface area contributed by atoms with E-state index in [9.17, 15) is 5.11 Å². The number of benzene rings is 1. The molecule has 0 heterocycles. The lowest BCUT2D eigenvalue weighted by atomic mass is 10.1. The van der Waals surface area contributed by atoms with Gasteiger partial charge in [0.15, 0.2) is 0 Å². The molecule has 0 aliphatic carbocycles. The van der Waals surface area contributed by atoms with Crippen LogP contribution < -0.4 is 5.32 Å². The normalized spacial score (nSPS) is 10.2. The quantitative estimate of drug-likeness (QED) is 0.677. The maximum atomic E-state index is 9.20. The van der Waals surface area contributed by atoms with E-state index in [4.69, 9.17) is 0 Å². The van der Waals surface area contributed by atoms with Crippen molar-refractivity contribution < 1.29 is 5.11 Å². The number of phenolic OH excluding ortho intramolecular Hbond substituents is 1. The summed E-state index contributed by atoms with van der Waals surface area (Å²) in [5.74, 6) is 0.355. The number of hydrogen-bond acceptors (Lipinski definition) is 2. The summed E-state index contributed by atoms with van der Waals surface area (Å²) in [7, 11) is 0. The molecule has 0 unspecified atom stereocenters. The molecule has 0 aliphatic heterocycles. The van der Waals surface area contributed by atoms with Crippen molar-refractivity contribution in [3.8, 4) is 5.75 Å². The molecule has 1 rings (SSSR count). The van der Waals surface area contributed by atoms with Crippen molar-refractivity contribution in [1.29, 1.82) is 0 Å². The van der Waals surface area contributed by atoms with Gasteiger partial charge in [0.1, 0.15) is 5.75 Å². The monoisotopic (exact) mass is 179 g/mol. The van der Waals surface area contributed by atoms with Crippen molar-refractivity contribution in [2.24, 2.45) is 0 Å². The van der Waals surface area contributed by atoms with E-state index >= 15 is 0 Å². The van der Waals surface area contributed by atoms with Crippen molar-refractivity contribution in [2.45, 2.75) is 19.8 Å². The summed E-state index contributed by atoms with van der Waals surface area (Å²) >= 11 is 0. The van der Waals surface area contributed by atoms with Gasteiger partial charge in [0.25, 0.3) is 0 Å². The molecule has 2 heteroatoms. The van der Waals surface area contributed by atoms with Crippen molar-refractivity contribution >= 4 is 0 Å². The van der Waals surface area contributed by atoms with Crippen LogP contribution in [0.25, 0.3) is 0 Å². The fourth-order valence-electron chi connectivity index (χ4n) is 1.25. The van der Waals surface area contributed by atoms with Gasteiger partial charge < -0.3 is 10.4 Å². The van der Waals surface area contributed by atoms with Gasteiger partial charge in [-0.25, -0.2) is 0 Å². The van der Waals surface area contributed by atoms with Crippen LogP contribution in [0.3, 0.4) is 0 Å². The highest BCUT2D eigenvalue weighted by molar-refractivity contribution is 5.27. The van der Waals surface area contributed by atoms with E-state index in [0.717, 1.165) is 19.5 Å². The highest BCUT2D eigenvalue weighted by atomic mass is 16.3. The van der Waals surface area contributed by atoms with Gasteiger partial charge >= 0.3 is 0 Å². The topological polar surface area (TPSA) is 32.3 Å². The zero-order valence-corrected chi connectivity index (χ0v) is 8.09. The Balaban J connectivity index is 2.28. The van der Waals surface area contributed by atoms with E-state index in [1.807, 2.05) is 18.2 Å². The SMILES string of the molecule is CCCNCCc1cccc(O)c1. The first kappa shape index (κ1) is 10.1. The molecule has 2 N–H and O–H groups in total. The van der Waals surface area contributed by atoms with Gasteiger partial charge in [-0.2, -0.15) is 0 Å². The molecule has 0 spiro atoms. The lowest BCUT2D eigenvalue weighted by Gasteiger charge is -2.03. The van der Waals surface area contributed by atoms with Gasteiger partial charge in [-0.05, 0) is 43.6 Å². The van der Waals surface area contributed by atoms with Gasteiger partial charge in [-0.3, -0.25) is 0 Å². The maximum Gasteiger partial charge on any atom is 0.115 e. The number of nitrogens with one attached hydrogen (secondary N) is 1. The largest absolute Gasteiger partial charge is 0.508 e. The van der Waals surface area contributed by atoms with Crippen molar-refractivity contribution in [3.63, 3.8) is 0 Å². The first-order valence-corrected chi connectivity index (χ1v) is 4.81. The van der Waals surface area contributed by atoms with Crippen molar-refractivity contribution in [3.05, 3.63) is 29.8 Å². The van der Waals surface area contributed by atoms with Gasteiger partial charge in [0.2, 0.25) is 0 Å². The predicted molar refractivity (Wildman–Crippen MR) is 55.0 cm³/mol. The molecule has 0 atom stereocenters. The molecule has 13 heavy (non-hydrogen) atoms.